The predicted molar refractivity (Wildman–Crippen MR) is 83.2 cm³/mol. The molecule has 5 nitrogen and oxygen atoms in total. The van der Waals surface area contributed by atoms with E-state index in [0.29, 0.717) is 13.1 Å². The molecule has 1 aliphatic heterocycles. The van der Waals surface area contributed by atoms with E-state index in [1.54, 1.807) is 4.90 Å². The standard InChI is InChI=1S/C16H23N3O2/c1-16(2,3)12-6-4-5-7-13(12)18-10-15(21)19-9-8-17-14(20)11-19/h4-7,18H,8-11H2,1-3H3,(H,17,20). The molecular weight excluding hydrogens is 266 g/mol. The van der Waals surface area contributed by atoms with Gasteiger partial charge in [-0.05, 0) is 17.0 Å². The number of benzene rings is 1. The highest BCUT2D eigenvalue weighted by Gasteiger charge is 2.22. The highest BCUT2D eigenvalue weighted by molar-refractivity contribution is 5.88. The van der Waals surface area contributed by atoms with Crippen LogP contribution in [0.25, 0.3) is 0 Å². The monoisotopic (exact) mass is 289 g/mol. The average molecular weight is 289 g/mol. The molecule has 114 valence electrons. The van der Waals surface area contributed by atoms with Crippen molar-refractivity contribution in [1.29, 1.82) is 0 Å². The first-order valence-corrected chi connectivity index (χ1v) is 7.26. The quantitative estimate of drug-likeness (QED) is 0.883. The number of piperazine rings is 1. The Balaban J connectivity index is 2.00. The van der Waals surface area contributed by atoms with E-state index in [1.807, 2.05) is 18.2 Å². The maximum absolute atomic E-state index is 12.2. The van der Waals surface area contributed by atoms with Gasteiger partial charge in [-0.2, -0.15) is 0 Å². The van der Waals surface area contributed by atoms with Crippen LogP contribution in [0, 0.1) is 0 Å². The van der Waals surface area contributed by atoms with Crippen molar-refractivity contribution in [3.63, 3.8) is 0 Å². The van der Waals surface area contributed by atoms with Gasteiger partial charge in [0.15, 0.2) is 0 Å². The molecule has 1 aliphatic rings. The number of para-hydroxylation sites is 1. The fraction of sp³-hybridized carbons (Fsp3) is 0.500. The third-order valence-corrected chi connectivity index (χ3v) is 3.56. The van der Waals surface area contributed by atoms with E-state index in [4.69, 9.17) is 0 Å². The van der Waals surface area contributed by atoms with E-state index in [0.717, 1.165) is 5.69 Å². The minimum Gasteiger partial charge on any atom is -0.376 e. The summed E-state index contributed by atoms with van der Waals surface area (Å²) in [6.07, 6.45) is 0. The summed E-state index contributed by atoms with van der Waals surface area (Å²) in [5, 5.41) is 5.93. The third kappa shape index (κ3) is 3.97. The van der Waals surface area contributed by atoms with Crippen LogP contribution >= 0.6 is 0 Å². The largest absolute Gasteiger partial charge is 0.376 e. The Hall–Kier alpha value is -2.04. The summed E-state index contributed by atoms with van der Waals surface area (Å²) in [5.74, 6) is -0.141. The summed E-state index contributed by atoms with van der Waals surface area (Å²) in [6, 6.07) is 8.01. The second-order valence-corrected chi connectivity index (χ2v) is 6.31. The zero-order valence-electron chi connectivity index (χ0n) is 12.9. The number of hydrogen-bond acceptors (Lipinski definition) is 3. The third-order valence-electron chi connectivity index (χ3n) is 3.56. The number of rotatable bonds is 3. The van der Waals surface area contributed by atoms with Gasteiger partial charge in [-0.3, -0.25) is 9.59 Å². The van der Waals surface area contributed by atoms with E-state index in [9.17, 15) is 9.59 Å². The molecule has 2 rings (SSSR count). The Kier molecular flexibility index (Phi) is 4.50. The fourth-order valence-electron chi connectivity index (χ4n) is 2.43. The maximum atomic E-state index is 12.2. The molecule has 0 saturated carbocycles. The van der Waals surface area contributed by atoms with Crippen LogP contribution in [0.4, 0.5) is 5.69 Å². The van der Waals surface area contributed by atoms with Gasteiger partial charge in [0, 0.05) is 18.8 Å². The first-order valence-electron chi connectivity index (χ1n) is 7.26. The predicted octanol–water partition coefficient (Wildman–Crippen LogP) is 1.35. The van der Waals surface area contributed by atoms with Gasteiger partial charge in [0.2, 0.25) is 11.8 Å². The van der Waals surface area contributed by atoms with Gasteiger partial charge < -0.3 is 15.5 Å². The number of carbonyl (C=O) groups is 2. The summed E-state index contributed by atoms with van der Waals surface area (Å²) in [4.78, 5) is 25.1. The lowest BCUT2D eigenvalue weighted by molar-refractivity contribution is -0.136. The van der Waals surface area contributed by atoms with Crippen LogP contribution in [0.3, 0.4) is 0 Å². The summed E-state index contributed by atoms with van der Waals surface area (Å²) >= 11 is 0. The molecule has 1 heterocycles. The van der Waals surface area contributed by atoms with Crippen LogP contribution in [0.2, 0.25) is 0 Å². The molecule has 0 spiro atoms. The normalized spacial score (nSPS) is 15.6. The van der Waals surface area contributed by atoms with Crippen molar-refractivity contribution < 1.29 is 9.59 Å². The van der Waals surface area contributed by atoms with Crippen LogP contribution in [0.5, 0.6) is 0 Å². The minimum absolute atomic E-state index is 0.0116. The smallest absolute Gasteiger partial charge is 0.242 e. The van der Waals surface area contributed by atoms with E-state index in [2.05, 4.69) is 37.5 Å². The summed E-state index contributed by atoms with van der Waals surface area (Å²) < 4.78 is 0. The first-order chi connectivity index (χ1) is 9.88. The highest BCUT2D eigenvalue weighted by atomic mass is 16.2. The van der Waals surface area contributed by atoms with Crippen LogP contribution in [-0.4, -0.2) is 42.9 Å². The van der Waals surface area contributed by atoms with E-state index >= 15 is 0 Å². The average Bonchev–Trinajstić information content (AvgIpc) is 2.44. The second-order valence-electron chi connectivity index (χ2n) is 6.31. The molecule has 5 heteroatoms. The molecule has 0 atom stereocenters. The van der Waals surface area contributed by atoms with Crippen molar-refractivity contribution in [3.05, 3.63) is 29.8 Å². The Morgan fingerprint density at radius 3 is 2.71 bits per heavy atom. The molecule has 2 amide bonds. The maximum Gasteiger partial charge on any atom is 0.242 e. The van der Waals surface area contributed by atoms with E-state index in [-0.39, 0.29) is 30.3 Å². The van der Waals surface area contributed by atoms with Crippen molar-refractivity contribution in [2.75, 3.05) is 31.5 Å². The zero-order valence-corrected chi connectivity index (χ0v) is 12.9. The zero-order chi connectivity index (χ0) is 15.5. The van der Waals surface area contributed by atoms with Gasteiger partial charge >= 0.3 is 0 Å². The van der Waals surface area contributed by atoms with Crippen molar-refractivity contribution in [2.45, 2.75) is 26.2 Å². The lowest BCUT2D eigenvalue weighted by Gasteiger charge is -2.28. The topological polar surface area (TPSA) is 61.4 Å². The van der Waals surface area contributed by atoms with Crippen LogP contribution < -0.4 is 10.6 Å². The Morgan fingerprint density at radius 2 is 2.05 bits per heavy atom. The number of anilines is 1. The molecule has 1 saturated heterocycles. The summed E-state index contributed by atoms with van der Waals surface area (Å²) in [5.41, 5.74) is 2.16. The molecule has 0 unspecified atom stereocenters. The highest BCUT2D eigenvalue weighted by Crippen LogP contribution is 2.29. The van der Waals surface area contributed by atoms with Crippen molar-refractivity contribution in [1.82, 2.24) is 10.2 Å². The molecule has 0 aliphatic carbocycles. The van der Waals surface area contributed by atoms with Crippen LogP contribution in [0.15, 0.2) is 24.3 Å². The van der Waals surface area contributed by atoms with Gasteiger partial charge in [0.1, 0.15) is 0 Å². The molecule has 1 aromatic carbocycles. The molecule has 0 radical (unpaired) electrons. The van der Waals surface area contributed by atoms with Gasteiger partial charge in [-0.15, -0.1) is 0 Å². The van der Waals surface area contributed by atoms with Crippen molar-refractivity contribution >= 4 is 17.5 Å². The molecule has 0 aromatic heterocycles. The van der Waals surface area contributed by atoms with Gasteiger partial charge in [-0.1, -0.05) is 39.0 Å². The summed E-state index contributed by atoms with van der Waals surface area (Å²) in [6.45, 7) is 7.90. The Morgan fingerprint density at radius 1 is 1.33 bits per heavy atom. The molecular formula is C16H23N3O2. The van der Waals surface area contributed by atoms with Crippen LogP contribution in [-0.2, 0) is 15.0 Å². The van der Waals surface area contributed by atoms with Crippen LogP contribution in [0.1, 0.15) is 26.3 Å². The number of carbonyl (C=O) groups excluding carboxylic acids is 2. The first kappa shape index (κ1) is 15.4. The number of hydrogen-bond donors (Lipinski definition) is 2. The molecule has 2 N–H and O–H groups in total. The minimum atomic E-state index is -0.0929. The van der Waals surface area contributed by atoms with E-state index < -0.39 is 0 Å². The molecule has 1 fully saturated rings. The number of nitrogens with one attached hydrogen (secondary N) is 2. The van der Waals surface area contributed by atoms with Crippen molar-refractivity contribution in [2.24, 2.45) is 0 Å². The van der Waals surface area contributed by atoms with E-state index in [1.165, 1.54) is 5.56 Å². The number of nitrogens with zero attached hydrogens (tertiary/aromatic N) is 1. The lowest BCUT2D eigenvalue weighted by Crippen LogP contribution is -2.51. The second kappa shape index (κ2) is 6.16. The lowest BCUT2D eigenvalue weighted by atomic mass is 9.86. The molecule has 1 aromatic rings. The van der Waals surface area contributed by atoms with Gasteiger partial charge in [0.05, 0.1) is 13.1 Å². The van der Waals surface area contributed by atoms with Gasteiger partial charge in [0.25, 0.3) is 0 Å². The SMILES string of the molecule is CC(C)(C)c1ccccc1NCC(=O)N1CCNC(=O)C1. The Labute approximate surface area is 125 Å². The molecule has 21 heavy (non-hydrogen) atoms. The fourth-order valence-corrected chi connectivity index (χ4v) is 2.43. The Bertz CT molecular complexity index is 535. The van der Waals surface area contributed by atoms with Crippen molar-refractivity contribution in [3.8, 4) is 0 Å². The van der Waals surface area contributed by atoms with Gasteiger partial charge in [-0.25, -0.2) is 0 Å². The number of amides is 2. The summed E-state index contributed by atoms with van der Waals surface area (Å²) in [7, 11) is 0. The molecule has 0 bridgehead atoms.